The Morgan fingerprint density at radius 2 is 1.80 bits per heavy atom. The smallest absolute Gasteiger partial charge is 0.251 e. The summed E-state index contributed by atoms with van der Waals surface area (Å²) in [5.41, 5.74) is 1.77. The van der Waals surface area contributed by atoms with E-state index in [9.17, 15) is 4.79 Å². The fourth-order valence-electron chi connectivity index (χ4n) is 2.23. The first-order valence-electron chi connectivity index (χ1n) is 8.08. The van der Waals surface area contributed by atoms with E-state index in [1.54, 1.807) is 18.8 Å². The highest BCUT2D eigenvalue weighted by atomic mass is 32.2. The Bertz CT molecular complexity index is 690. The van der Waals surface area contributed by atoms with Gasteiger partial charge in [0.05, 0.1) is 0 Å². The van der Waals surface area contributed by atoms with E-state index in [4.69, 9.17) is 12.2 Å². The van der Waals surface area contributed by atoms with Crippen molar-refractivity contribution in [2.24, 2.45) is 0 Å². The molecular weight excluding hydrogens is 350 g/mol. The number of hydrogen-bond donors (Lipinski definition) is 2. The highest BCUT2D eigenvalue weighted by Crippen LogP contribution is 2.15. The molecule has 0 saturated heterocycles. The Hall–Kier alpha value is -2.05. The van der Waals surface area contributed by atoms with Crippen LogP contribution in [-0.2, 0) is 6.54 Å². The van der Waals surface area contributed by atoms with Crippen molar-refractivity contribution in [3.05, 3.63) is 65.7 Å². The number of thioether (sulfide) groups is 1. The SMILES string of the molecule is CNC(=O)c1ccc(CN(C)C(=S)NCCSc2ccccc2)cc1. The molecule has 0 fully saturated rings. The first-order valence-corrected chi connectivity index (χ1v) is 9.47. The Morgan fingerprint density at radius 1 is 1.12 bits per heavy atom. The lowest BCUT2D eigenvalue weighted by Crippen LogP contribution is -2.37. The van der Waals surface area contributed by atoms with E-state index in [2.05, 4.69) is 22.8 Å². The molecule has 0 spiro atoms. The summed E-state index contributed by atoms with van der Waals surface area (Å²) in [6.07, 6.45) is 0. The van der Waals surface area contributed by atoms with Gasteiger partial charge in [0.1, 0.15) is 0 Å². The molecular formula is C19H23N3OS2. The molecule has 2 aromatic carbocycles. The number of amides is 1. The van der Waals surface area contributed by atoms with Crippen molar-refractivity contribution in [3.8, 4) is 0 Å². The molecule has 2 aromatic rings. The highest BCUT2D eigenvalue weighted by molar-refractivity contribution is 7.99. The van der Waals surface area contributed by atoms with Gasteiger partial charge in [-0.25, -0.2) is 0 Å². The lowest BCUT2D eigenvalue weighted by Gasteiger charge is -2.21. The van der Waals surface area contributed by atoms with Gasteiger partial charge in [-0.15, -0.1) is 11.8 Å². The standard InChI is InChI=1S/C19H23N3OS2/c1-20-18(23)16-10-8-15(9-11-16)14-22(2)19(24)21-12-13-25-17-6-4-3-5-7-17/h3-11H,12-14H2,1-2H3,(H,20,23)(H,21,24). The van der Waals surface area contributed by atoms with Crippen LogP contribution in [0.2, 0.25) is 0 Å². The Balaban J connectivity index is 1.73. The summed E-state index contributed by atoms with van der Waals surface area (Å²) in [5, 5.41) is 6.63. The van der Waals surface area contributed by atoms with Gasteiger partial charge in [0, 0.05) is 43.4 Å². The molecule has 0 atom stereocenters. The molecule has 1 amide bonds. The monoisotopic (exact) mass is 373 g/mol. The maximum absolute atomic E-state index is 11.6. The minimum absolute atomic E-state index is 0.0759. The molecule has 0 saturated carbocycles. The molecule has 0 unspecified atom stereocenters. The zero-order valence-electron chi connectivity index (χ0n) is 14.5. The van der Waals surface area contributed by atoms with Gasteiger partial charge in [-0.3, -0.25) is 4.79 Å². The van der Waals surface area contributed by atoms with E-state index in [0.717, 1.165) is 23.0 Å². The zero-order chi connectivity index (χ0) is 18.1. The number of carbonyl (C=O) groups excluding carboxylic acids is 1. The number of rotatable bonds is 7. The second kappa shape index (κ2) is 10.1. The minimum Gasteiger partial charge on any atom is -0.362 e. The third-order valence-electron chi connectivity index (χ3n) is 3.60. The van der Waals surface area contributed by atoms with Crippen molar-refractivity contribution in [1.29, 1.82) is 0 Å². The quantitative estimate of drug-likeness (QED) is 0.443. The number of nitrogens with one attached hydrogen (secondary N) is 2. The van der Waals surface area contributed by atoms with Crippen LogP contribution in [0.15, 0.2) is 59.5 Å². The number of benzene rings is 2. The summed E-state index contributed by atoms with van der Waals surface area (Å²) in [4.78, 5) is 14.8. The van der Waals surface area contributed by atoms with Crippen LogP contribution in [-0.4, -0.2) is 42.3 Å². The molecule has 0 radical (unpaired) electrons. The molecule has 0 aromatic heterocycles. The van der Waals surface area contributed by atoms with Crippen LogP contribution in [0.25, 0.3) is 0 Å². The predicted octanol–water partition coefficient (Wildman–Crippen LogP) is 3.14. The van der Waals surface area contributed by atoms with E-state index in [1.165, 1.54) is 4.90 Å². The van der Waals surface area contributed by atoms with Crippen molar-refractivity contribution in [2.75, 3.05) is 26.4 Å². The third-order valence-corrected chi connectivity index (χ3v) is 5.07. The molecule has 6 heteroatoms. The Labute approximate surface area is 159 Å². The van der Waals surface area contributed by atoms with E-state index < -0.39 is 0 Å². The number of thiocarbonyl (C=S) groups is 1. The Morgan fingerprint density at radius 3 is 2.44 bits per heavy atom. The highest BCUT2D eigenvalue weighted by Gasteiger charge is 2.07. The summed E-state index contributed by atoms with van der Waals surface area (Å²) in [7, 11) is 3.59. The third kappa shape index (κ3) is 6.40. The van der Waals surface area contributed by atoms with Gasteiger partial charge < -0.3 is 15.5 Å². The molecule has 0 aliphatic rings. The van der Waals surface area contributed by atoms with Gasteiger partial charge in [0.2, 0.25) is 0 Å². The maximum Gasteiger partial charge on any atom is 0.251 e. The maximum atomic E-state index is 11.6. The van der Waals surface area contributed by atoms with Gasteiger partial charge in [-0.2, -0.15) is 0 Å². The molecule has 0 heterocycles. The predicted molar refractivity (Wildman–Crippen MR) is 109 cm³/mol. The topological polar surface area (TPSA) is 44.4 Å². The van der Waals surface area contributed by atoms with Crippen LogP contribution in [0.5, 0.6) is 0 Å². The van der Waals surface area contributed by atoms with E-state index in [0.29, 0.717) is 12.1 Å². The summed E-state index contributed by atoms with van der Waals surface area (Å²) >= 11 is 7.24. The minimum atomic E-state index is -0.0759. The van der Waals surface area contributed by atoms with Gasteiger partial charge >= 0.3 is 0 Å². The molecule has 25 heavy (non-hydrogen) atoms. The summed E-state index contributed by atoms with van der Waals surface area (Å²) < 4.78 is 0. The lowest BCUT2D eigenvalue weighted by molar-refractivity contribution is 0.0963. The van der Waals surface area contributed by atoms with E-state index in [1.807, 2.05) is 54.4 Å². The van der Waals surface area contributed by atoms with E-state index in [-0.39, 0.29) is 5.91 Å². The molecule has 0 aliphatic carbocycles. The summed E-state index contributed by atoms with van der Waals surface area (Å²) in [6.45, 7) is 1.52. The van der Waals surface area contributed by atoms with Gasteiger partial charge in [-0.1, -0.05) is 30.3 Å². The number of carbonyl (C=O) groups is 1. The van der Waals surface area contributed by atoms with Crippen LogP contribution in [0.3, 0.4) is 0 Å². The largest absolute Gasteiger partial charge is 0.362 e. The Kier molecular flexibility index (Phi) is 7.76. The van der Waals surface area contributed by atoms with Crippen LogP contribution in [0.4, 0.5) is 0 Å². The van der Waals surface area contributed by atoms with Crippen LogP contribution >= 0.6 is 24.0 Å². The van der Waals surface area contributed by atoms with Gasteiger partial charge in [-0.05, 0) is 42.0 Å². The zero-order valence-corrected chi connectivity index (χ0v) is 16.1. The van der Waals surface area contributed by atoms with Crippen LogP contribution in [0, 0.1) is 0 Å². The normalized spacial score (nSPS) is 10.2. The van der Waals surface area contributed by atoms with E-state index >= 15 is 0 Å². The van der Waals surface area contributed by atoms with Crippen molar-refractivity contribution in [1.82, 2.24) is 15.5 Å². The fourth-order valence-corrected chi connectivity index (χ4v) is 3.19. The summed E-state index contributed by atoms with van der Waals surface area (Å²) in [6, 6.07) is 17.9. The number of nitrogens with zero attached hydrogens (tertiary/aromatic N) is 1. The molecule has 0 aliphatic heterocycles. The molecule has 132 valence electrons. The van der Waals surface area contributed by atoms with Gasteiger partial charge in [0.15, 0.2) is 5.11 Å². The number of hydrogen-bond acceptors (Lipinski definition) is 3. The van der Waals surface area contributed by atoms with Crippen molar-refractivity contribution in [2.45, 2.75) is 11.4 Å². The summed E-state index contributed by atoms with van der Waals surface area (Å²) in [5.74, 6) is 0.881. The van der Waals surface area contributed by atoms with Crippen molar-refractivity contribution in [3.63, 3.8) is 0 Å². The fraction of sp³-hybridized carbons (Fsp3) is 0.263. The van der Waals surface area contributed by atoms with Crippen LogP contribution in [0.1, 0.15) is 15.9 Å². The van der Waals surface area contributed by atoms with Crippen LogP contribution < -0.4 is 10.6 Å². The van der Waals surface area contributed by atoms with Gasteiger partial charge in [0.25, 0.3) is 5.91 Å². The molecule has 2 rings (SSSR count). The average Bonchev–Trinajstić information content (AvgIpc) is 2.65. The molecule has 0 bridgehead atoms. The molecule has 4 nitrogen and oxygen atoms in total. The lowest BCUT2D eigenvalue weighted by atomic mass is 10.1. The second-order valence-corrected chi connectivity index (χ2v) is 7.08. The second-order valence-electron chi connectivity index (χ2n) is 5.53. The van der Waals surface area contributed by atoms with Crippen molar-refractivity contribution < 1.29 is 4.79 Å². The first-order chi connectivity index (χ1) is 12.1. The molecule has 2 N–H and O–H groups in total. The first kappa shape index (κ1) is 19.3. The average molecular weight is 374 g/mol. The van der Waals surface area contributed by atoms with Crippen molar-refractivity contribution >= 4 is 35.0 Å².